The van der Waals surface area contributed by atoms with Gasteiger partial charge in [0.1, 0.15) is 6.10 Å². The maximum atomic E-state index is 10.8. The van der Waals surface area contributed by atoms with Crippen LogP contribution in [-0.4, -0.2) is 79.5 Å². The third kappa shape index (κ3) is 4.23. The Balaban J connectivity index is 2.14. The number of nitrogens with one attached hydrogen (secondary N) is 1. The molecule has 1 saturated heterocycles. The van der Waals surface area contributed by atoms with E-state index in [1.807, 2.05) is 0 Å². The van der Waals surface area contributed by atoms with Gasteiger partial charge in [0.25, 0.3) is 0 Å². The van der Waals surface area contributed by atoms with Crippen molar-refractivity contribution < 1.29 is 30.3 Å². The van der Waals surface area contributed by atoms with Gasteiger partial charge in [0.15, 0.2) is 0 Å². The lowest BCUT2D eigenvalue weighted by Crippen LogP contribution is -2.59. The van der Waals surface area contributed by atoms with Crippen molar-refractivity contribution >= 4 is 17.7 Å². The number of rotatable bonds is 5. The maximum Gasteiger partial charge on any atom is 0.317 e. The van der Waals surface area contributed by atoms with Gasteiger partial charge in [0.2, 0.25) is 0 Å². The molecule has 24 heavy (non-hydrogen) atoms. The minimum Gasteiger partial charge on any atom is -0.480 e. The Hall–Kier alpha value is -0.380. The van der Waals surface area contributed by atoms with E-state index < -0.39 is 29.5 Å². The van der Waals surface area contributed by atoms with E-state index in [2.05, 4.69) is 19.2 Å². The van der Waals surface area contributed by atoms with Crippen LogP contribution in [0.1, 0.15) is 33.1 Å². The molecule has 0 spiro atoms. The molecule has 1 heterocycles. The Bertz CT molecular complexity index is 446. The average molecular weight is 363 g/mol. The number of carboxylic acids is 1. The molecule has 7 nitrogen and oxygen atoms in total. The van der Waals surface area contributed by atoms with Crippen molar-refractivity contribution in [2.24, 2.45) is 11.3 Å². The lowest BCUT2D eigenvalue weighted by molar-refractivity contribution is -0.136. The number of thioether (sulfide) groups is 1. The van der Waals surface area contributed by atoms with Crippen LogP contribution in [0.5, 0.6) is 0 Å². The van der Waals surface area contributed by atoms with Gasteiger partial charge in [-0.25, -0.2) is 0 Å². The Labute approximate surface area is 146 Å². The van der Waals surface area contributed by atoms with E-state index in [9.17, 15) is 25.2 Å². The normalized spacial score (nSPS) is 42.7. The standard InChI is InChI=1S/C16H29NO6S/c1-16(2)4-3-8(17-6-11(19)20)5-9(16)15-14(23)13(22)12(21)10(7-18)24-15/h8-10,12-15,17-18,21-23H,3-7H2,1-2H3,(H,19,20)/t8?,9?,10-,12+,13+,14-,15+/m1/s1. The summed E-state index contributed by atoms with van der Waals surface area (Å²) in [5.41, 5.74) is -0.0813. The summed E-state index contributed by atoms with van der Waals surface area (Å²) in [6.45, 7) is 3.87. The summed E-state index contributed by atoms with van der Waals surface area (Å²) in [7, 11) is 0. The number of carboxylic acid groups (broad SMARTS) is 1. The van der Waals surface area contributed by atoms with E-state index >= 15 is 0 Å². The lowest BCUT2D eigenvalue weighted by atomic mass is 9.64. The molecule has 1 aliphatic carbocycles. The van der Waals surface area contributed by atoms with Crippen molar-refractivity contribution in [2.45, 2.75) is 68.0 Å². The second kappa shape index (κ2) is 7.88. The zero-order chi connectivity index (χ0) is 18.1. The van der Waals surface area contributed by atoms with Crippen LogP contribution >= 0.6 is 11.8 Å². The van der Waals surface area contributed by atoms with E-state index in [-0.39, 0.29) is 35.8 Å². The van der Waals surface area contributed by atoms with Crippen LogP contribution in [0, 0.1) is 11.3 Å². The van der Waals surface area contributed by atoms with E-state index in [1.54, 1.807) is 0 Å². The summed E-state index contributed by atoms with van der Waals surface area (Å²) in [4.78, 5) is 10.8. The number of hydrogen-bond donors (Lipinski definition) is 6. The third-order valence-electron chi connectivity index (χ3n) is 5.55. The molecule has 2 aliphatic rings. The second-order valence-electron chi connectivity index (χ2n) is 7.63. The van der Waals surface area contributed by atoms with Crippen molar-refractivity contribution in [1.29, 1.82) is 0 Å². The molecule has 0 aromatic carbocycles. The quantitative estimate of drug-likeness (QED) is 0.382. The van der Waals surface area contributed by atoms with Gasteiger partial charge in [-0.05, 0) is 30.6 Å². The molecule has 140 valence electrons. The summed E-state index contributed by atoms with van der Waals surface area (Å²) < 4.78 is 0. The molecule has 2 rings (SSSR count). The molecule has 8 heteroatoms. The van der Waals surface area contributed by atoms with Crippen LogP contribution in [0.3, 0.4) is 0 Å². The number of aliphatic carboxylic acids is 1. The van der Waals surface area contributed by atoms with Gasteiger partial charge < -0.3 is 30.8 Å². The molecule has 0 aromatic heterocycles. The van der Waals surface area contributed by atoms with Gasteiger partial charge in [-0.2, -0.15) is 0 Å². The summed E-state index contributed by atoms with van der Waals surface area (Å²) in [5, 5.41) is 51.1. The van der Waals surface area contributed by atoms with Gasteiger partial charge in [-0.15, -0.1) is 11.8 Å². The molecule has 6 N–H and O–H groups in total. The topological polar surface area (TPSA) is 130 Å². The second-order valence-corrected chi connectivity index (χ2v) is 9.06. The van der Waals surface area contributed by atoms with E-state index in [1.165, 1.54) is 11.8 Å². The molecule has 7 atom stereocenters. The Morgan fingerprint density at radius 3 is 2.46 bits per heavy atom. The Morgan fingerprint density at radius 1 is 1.21 bits per heavy atom. The van der Waals surface area contributed by atoms with Crippen molar-refractivity contribution in [3.63, 3.8) is 0 Å². The number of hydrogen-bond acceptors (Lipinski definition) is 7. The first-order valence-electron chi connectivity index (χ1n) is 8.43. The molecule has 1 aliphatic heterocycles. The monoisotopic (exact) mass is 363 g/mol. The van der Waals surface area contributed by atoms with Crippen LogP contribution in [0.15, 0.2) is 0 Å². The minimum atomic E-state index is -1.28. The zero-order valence-electron chi connectivity index (χ0n) is 14.1. The largest absolute Gasteiger partial charge is 0.480 e. The molecule has 2 unspecified atom stereocenters. The highest BCUT2D eigenvalue weighted by atomic mass is 32.2. The number of carbonyl (C=O) groups is 1. The smallest absolute Gasteiger partial charge is 0.317 e. The highest BCUT2D eigenvalue weighted by Crippen LogP contribution is 2.49. The van der Waals surface area contributed by atoms with Crippen molar-refractivity contribution in [3.05, 3.63) is 0 Å². The molecule has 2 fully saturated rings. The molecule has 0 aromatic rings. The summed E-state index contributed by atoms with van der Waals surface area (Å²) in [6, 6.07) is 0.0449. The van der Waals surface area contributed by atoms with Crippen LogP contribution in [0.2, 0.25) is 0 Å². The molecule has 0 radical (unpaired) electrons. The SMILES string of the molecule is CC1(C)CCC(NCC(=O)O)CC1[C@@H]1S[C@H](CO)[C@H](O)[C@H](O)[C@H]1O. The first kappa shape index (κ1) is 19.9. The van der Waals surface area contributed by atoms with E-state index in [4.69, 9.17) is 5.11 Å². The van der Waals surface area contributed by atoms with Crippen LogP contribution in [-0.2, 0) is 4.79 Å². The molecule has 0 amide bonds. The Kier molecular flexibility index (Phi) is 6.55. The Morgan fingerprint density at radius 2 is 1.88 bits per heavy atom. The van der Waals surface area contributed by atoms with Crippen molar-refractivity contribution in [1.82, 2.24) is 5.32 Å². The highest BCUT2D eigenvalue weighted by Gasteiger charge is 2.50. The summed E-state index contributed by atoms with van der Waals surface area (Å²) in [5.74, 6) is -0.865. The summed E-state index contributed by atoms with van der Waals surface area (Å²) >= 11 is 1.33. The van der Waals surface area contributed by atoms with E-state index in [0.29, 0.717) is 6.42 Å². The fraction of sp³-hybridized carbons (Fsp3) is 0.938. The van der Waals surface area contributed by atoms with Crippen LogP contribution in [0.4, 0.5) is 0 Å². The maximum absolute atomic E-state index is 10.8. The average Bonchev–Trinajstić information content (AvgIpc) is 2.52. The van der Waals surface area contributed by atoms with Gasteiger partial charge in [-0.1, -0.05) is 13.8 Å². The molecule has 0 bridgehead atoms. The molecular formula is C16H29NO6S. The van der Waals surface area contributed by atoms with Crippen molar-refractivity contribution in [3.8, 4) is 0 Å². The van der Waals surface area contributed by atoms with Gasteiger partial charge in [0.05, 0.1) is 30.6 Å². The van der Waals surface area contributed by atoms with Gasteiger partial charge >= 0.3 is 5.97 Å². The van der Waals surface area contributed by atoms with Gasteiger partial charge in [0, 0.05) is 11.3 Å². The first-order valence-corrected chi connectivity index (χ1v) is 9.37. The fourth-order valence-electron chi connectivity index (χ4n) is 3.93. The number of aliphatic hydroxyl groups is 4. The lowest BCUT2D eigenvalue weighted by Gasteiger charge is -2.51. The van der Waals surface area contributed by atoms with Crippen LogP contribution in [0.25, 0.3) is 0 Å². The fourth-order valence-corrected chi connectivity index (χ4v) is 5.74. The molecule has 1 saturated carbocycles. The van der Waals surface area contributed by atoms with Crippen molar-refractivity contribution in [2.75, 3.05) is 13.2 Å². The number of aliphatic hydroxyl groups excluding tert-OH is 4. The molecular weight excluding hydrogens is 334 g/mol. The first-order chi connectivity index (χ1) is 11.2. The van der Waals surface area contributed by atoms with Crippen LogP contribution < -0.4 is 5.32 Å². The minimum absolute atomic E-state index is 0.0359. The highest BCUT2D eigenvalue weighted by molar-refractivity contribution is 8.00. The van der Waals surface area contributed by atoms with E-state index in [0.717, 1.165) is 12.8 Å². The predicted octanol–water partition coefficient (Wildman–Crippen LogP) is -0.585. The summed E-state index contributed by atoms with van der Waals surface area (Å²) in [6.07, 6.45) is -1.08. The predicted molar refractivity (Wildman–Crippen MR) is 90.8 cm³/mol. The zero-order valence-corrected chi connectivity index (χ0v) is 14.9. The third-order valence-corrected chi connectivity index (χ3v) is 7.25. The van der Waals surface area contributed by atoms with Gasteiger partial charge in [-0.3, -0.25) is 4.79 Å².